The van der Waals surface area contributed by atoms with E-state index < -0.39 is 51.7 Å². The van der Waals surface area contributed by atoms with Crippen molar-refractivity contribution in [3.05, 3.63) is 168 Å². The highest BCUT2D eigenvalue weighted by molar-refractivity contribution is 7.85. The van der Waals surface area contributed by atoms with Gasteiger partial charge in [0, 0.05) is 9.79 Å². The number of ether oxygens (including phenoxy) is 3. The molecule has 0 bridgehead atoms. The molecule has 9 nitrogen and oxygen atoms in total. The highest BCUT2D eigenvalue weighted by Gasteiger charge is 2.56. The van der Waals surface area contributed by atoms with Gasteiger partial charge in [0.2, 0.25) is 5.60 Å². The zero-order valence-corrected chi connectivity index (χ0v) is 32.0. The molecule has 0 aliphatic carbocycles. The Bertz CT molecular complexity index is 1880. The molecule has 0 fully saturated rings. The lowest BCUT2D eigenvalue weighted by molar-refractivity contribution is -0.206. The quantitative estimate of drug-likeness (QED) is 0.0696. The van der Waals surface area contributed by atoms with Crippen LogP contribution in [0.15, 0.2) is 161 Å². The summed E-state index contributed by atoms with van der Waals surface area (Å²) >= 11 is 0. The van der Waals surface area contributed by atoms with E-state index in [9.17, 15) is 28.8 Å². The lowest BCUT2D eigenvalue weighted by atomic mass is 9.73. The number of carbonyl (C=O) groups is 3. The van der Waals surface area contributed by atoms with Crippen LogP contribution in [0.25, 0.3) is 0 Å². The maximum absolute atomic E-state index is 13.7. The molecule has 5 aromatic carbocycles. The molecule has 2 N–H and O–H groups in total. The van der Waals surface area contributed by atoms with Gasteiger partial charge < -0.3 is 24.4 Å². The van der Waals surface area contributed by atoms with Gasteiger partial charge in [-0.05, 0) is 61.7 Å². The van der Waals surface area contributed by atoms with Gasteiger partial charge in [0.05, 0.1) is 42.6 Å². The highest BCUT2D eigenvalue weighted by atomic mass is 32.2. The Balaban J connectivity index is 0.000000399. The summed E-state index contributed by atoms with van der Waals surface area (Å²) in [5.74, 6) is -1.60. The van der Waals surface area contributed by atoms with Crippen LogP contribution < -0.4 is 0 Å². The van der Waals surface area contributed by atoms with Gasteiger partial charge >= 0.3 is 0 Å². The molecule has 5 aromatic rings. The van der Waals surface area contributed by atoms with Crippen molar-refractivity contribution >= 4 is 28.7 Å². The fourth-order valence-corrected chi connectivity index (χ4v) is 6.58. The van der Waals surface area contributed by atoms with Crippen LogP contribution in [0.3, 0.4) is 0 Å². The summed E-state index contributed by atoms with van der Waals surface area (Å²) in [5, 5.41) is 23.1. The maximum Gasteiger partial charge on any atom is 0.208 e. The number of benzene rings is 5. The van der Waals surface area contributed by atoms with Crippen LogP contribution in [0.2, 0.25) is 0 Å². The third-order valence-corrected chi connectivity index (χ3v) is 10.4. The summed E-state index contributed by atoms with van der Waals surface area (Å²) in [6.45, 7) is 3.67. The first-order chi connectivity index (χ1) is 26.5. The van der Waals surface area contributed by atoms with Gasteiger partial charge in [-0.3, -0.25) is 14.4 Å². The smallest absolute Gasteiger partial charge is 0.208 e. The third-order valence-electron chi connectivity index (χ3n) is 8.97. The minimum Gasteiger partial charge on any atom is -0.388 e. The van der Waals surface area contributed by atoms with Crippen molar-refractivity contribution in [3.8, 4) is 0 Å². The third kappa shape index (κ3) is 12.3. The van der Waals surface area contributed by atoms with Gasteiger partial charge in [-0.25, -0.2) is 4.21 Å². The van der Waals surface area contributed by atoms with E-state index in [0.717, 1.165) is 20.9 Å². The van der Waals surface area contributed by atoms with E-state index in [-0.39, 0.29) is 32.7 Å². The number of aldehydes is 1. The SMILES string of the molecule is CC(=O)C(C)(C)C(=O)[C@](O)(C=O)[C@@H](OCc1ccccc1)[C@H](OCc1ccccc1)[C@H](O)COCc1ccccc1.O=S(c1ccccc1)c1ccccc1. The molecule has 0 aliphatic rings. The molecule has 0 saturated carbocycles. The van der Waals surface area contributed by atoms with Gasteiger partial charge in [-0.1, -0.05) is 127 Å². The summed E-state index contributed by atoms with van der Waals surface area (Å²) in [4.78, 5) is 40.3. The normalized spacial score (nSPS) is 14.1. The summed E-state index contributed by atoms with van der Waals surface area (Å²) in [7, 11) is -1.05. The second-order valence-electron chi connectivity index (χ2n) is 13.4. The second kappa shape index (κ2) is 21.2. The number of rotatable bonds is 19. The molecular weight excluding hydrogens is 717 g/mol. The lowest BCUT2D eigenvalue weighted by Crippen LogP contribution is -2.64. The Morgan fingerprint density at radius 1 is 0.655 bits per heavy atom. The highest BCUT2D eigenvalue weighted by Crippen LogP contribution is 2.32. The van der Waals surface area contributed by atoms with Gasteiger partial charge in [0.25, 0.3) is 0 Å². The van der Waals surface area contributed by atoms with E-state index in [0.29, 0.717) is 5.56 Å². The molecule has 5 rings (SSSR count). The molecule has 0 aromatic heterocycles. The van der Waals surface area contributed by atoms with E-state index in [4.69, 9.17) is 14.2 Å². The zero-order chi connectivity index (χ0) is 39.7. The molecule has 0 heterocycles. The Labute approximate surface area is 325 Å². The van der Waals surface area contributed by atoms with Gasteiger partial charge in [0.1, 0.15) is 24.1 Å². The molecule has 4 atom stereocenters. The molecule has 0 amide bonds. The number of hydrogen-bond acceptors (Lipinski definition) is 9. The zero-order valence-electron chi connectivity index (χ0n) is 31.2. The Morgan fingerprint density at radius 2 is 1.04 bits per heavy atom. The fourth-order valence-electron chi connectivity index (χ4n) is 5.50. The number of aliphatic hydroxyl groups is 2. The van der Waals surface area contributed by atoms with Crippen LogP contribution in [0.5, 0.6) is 0 Å². The lowest BCUT2D eigenvalue weighted by Gasteiger charge is -2.40. The average molecular weight is 765 g/mol. The van der Waals surface area contributed by atoms with Gasteiger partial charge in [0.15, 0.2) is 12.1 Å². The van der Waals surface area contributed by atoms with E-state index in [2.05, 4.69) is 0 Å². The van der Waals surface area contributed by atoms with Crippen molar-refractivity contribution < 1.29 is 43.0 Å². The molecule has 0 unspecified atom stereocenters. The van der Waals surface area contributed by atoms with Crippen molar-refractivity contribution in [1.29, 1.82) is 0 Å². The predicted octanol–water partition coefficient (Wildman–Crippen LogP) is 6.70. The van der Waals surface area contributed by atoms with Crippen LogP contribution in [-0.2, 0) is 59.2 Å². The molecular formula is C45H48O9S. The molecule has 55 heavy (non-hydrogen) atoms. The first-order valence-electron chi connectivity index (χ1n) is 17.8. The molecule has 10 heteroatoms. The number of Topliss-reactive ketones (excluding diaryl/α,β-unsaturated/α-hetero) is 2. The van der Waals surface area contributed by atoms with Crippen molar-refractivity contribution in [2.45, 2.75) is 74.3 Å². The summed E-state index contributed by atoms with van der Waals surface area (Å²) < 4.78 is 29.9. The number of carbonyl (C=O) groups excluding carboxylic acids is 3. The van der Waals surface area contributed by atoms with Crippen LogP contribution in [0, 0.1) is 5.41 Å². The second-order valence-corrected chi connectivity index (χ2v) is 14.9. The van der Waals surface area contributed by atoms with Crippen LogP contribution in [-0.4, -0.2) is 62.8 Å². The molecule has 0 radical (unpaired) electrons. The topological polar surface area (TPSA) is 136 Å². The van der Waals surface area contributed by atoms with Crippen LogP contribution in [0.4, 0.5) is 0 Å². The van der Waals surface area contributed by atoms with E-state index in [1.807, 2.05) is 127 Å². The van der Waals surface area contributed by atoms with E-state index in [1.54, 1.807) is 24.3 Å². The molecule has 0 spiro atoms. The predicted molar refractivity (Wildman–Crippen MR) is 210 cm³/mol. The van der Waals surface area contributed by atoms with E-state index >= 15 is 0 Å². The number of ketones is 2. The largest absolute Gasteiger partial charge is 0.388 e. The summed E-state index contributed by atoms with van der Waals surface area (Å²) in [6, 6.07) is 46.3. The minimum atomic E-state index is -2.83. The van der Waals surface area contributed by atoms with Gasteiger partial charge in [-0.15, -0.1) is 0 Å². The first-order valence-corrected chi connectivity index (χ1v) is 19.0. The van der Waals surface area contributed by atoms with Crippen molar-refractivity contribution in [2.24, 2.45) is 5.41 Å². The van der Waals surface area contributed by atoms with Crippen LogP contribution in [0.1, 0.15) is 37.5 Å². The average Bonchev–Trinajstić information content (AvgIpc) is 3.23. The number of aliphatic hydroxyl groups excluding tert-OH is 1. The molecule has 0 aliphatic heterocycles. The monoisotopic (exact) mass is 764 g/mol. The fraction of sp³-hybridized carbons (Fsp3) is 0.267. The van der Waals surface area contributed by atoms with Crippen molar-refractivity contribution in [3.63, 3.8) is 0 Å². The Kier molecular flexibility index (Phi) is 16.5. The van der Waals surface area contributed by atoms with Crippen LogP contribution >= 0.6 is 0 Å². The van der Waals surface area contributed by atoms with E-state index in [1.165, 1.54) is 20.8 Å². The maximum atomic E-state index is 13.7. The molecule has 288 valence electrons. The summed E-state index contributed by atoms with van der Waals surface area (Å²) in [6.07, 6.45) is -4.46. The van der Waals surface area contributed by atoms with Crippen molar-refractivity contribution in [2.75, 3.05) is 6.61 Å². The van der Waals surface area contributed by atoms with Gasteiger partial charge in [-0.2, -0.15) is 0 Å². The minimum absolute atomic E-state index is 0.0221. The number of hydrogen-bond donors (Lipinski definition) is 2. The first kappa shape index (κ1) is 42.8. The Morgan fingerprint density at radius 3 is 1.44 bits per heavy atom. The standard InChI is InChI=1S/C33H38O8.C12H10OS/c1-24(35)32(2,3)31(37)33(38,23-34)30(41-21-27-17-11-6-12-18-27)29(40-20-26-15-9-5-10-16-26)28(36)22-39-19-25-13-7-4-8-14-25;13-14(11-7-3-1-4-8-11)12-9-5-2-6-10-12/h4-18,23,28-30,36,38H,19-22H2,1-3H3;1-10H/t28-,29-,30+,33+;/m1./s1. The van der Waals surface area contributed by atoms with Crippen molar-refractivity contribution in [1.82, 2.24) is 0 Å². The summed E-state index contributed by atoms with van der Waals surface area (Å²) in [5.41, 5.74) is -2.22. The Hall–Kier alpha value is -4.94. The molecule has 0 saturated heterocycles.